The summed E-state index contributed by atoms with van der Waals surface area (Å²) in [5.74, 6) is 0.519. The zero-order valence-corrected chi connectivity index (χ0v) is 57.9. The lowest BCUT2D eigenvalue weighted by Crippen LogP contribution is -2.28. The third kappa shape index (κ3) is 18.2. The summed E-state index contributed by atoms with van der Waals surface area (Å²) in [5, 5.41) is 10.8. The van der Waals surface area contributed by atoms with Crippen molar-refractivity contribution in [2.75, 3.05) is 25.5 Å². The van der Waals surface area contributed by atoms with Gasteiger partial charge in [-0.1, -0.05) is 32.2 Å². The van der Waals surface area contributed by atoms with Crippen LogP contribution in [0.1, 0.15) is 25.3 Å². The monoisotopic (exact) mass is 1290 g/mol. The molecule has 0 bridgehead atoms. The average Bonchev–Trinajstić information content (AvgIpc) is 3.71. The Kier molecular flexibility index (Phi) is 29.9. The van der Waals surface area contributed by atoms with Gasteiger partial charge in [-0.2, -0.15) is 0 Å². The Morgan fingerprint density at radius 2 is 1.31 bits per heavy atom. The van der Waals surface area contributed by atoms with Gasteiger partial charge >= 0.3 is 0 Å². The van der Waals surface area contributed by atoms with E-state index in [1.807, 2.05) is 24.3 Å². The molecule has 10 nitrogen and oxygen atoms in total. The maximum atomic E-state index is 13.0. The van der Waals surface area contributed by atoms with Crippen molar-refractivity contribution in [1.29, 1.82) is 0 Å². The number of alkyl halides is 1. The zero-order valence-electron chi connectivity index (χ0n) is 33.3. The van der Waals surface area contributed by atoms with Crippen LogP contribution in [0.5, 0.6) is 0 Å². The van der Waals surface area contributed by atoms with Gasteiger partial charge < -0.3 is 20.2 Å². The third-order valence-electron chi connectivity index (χ3n) is 8.31. The number of nitrogens with two attached hydrogens (primary N) is 1. The molecule has 0 radical (unpaired) electrons. The summed E-state index contributed by atoms with van der Waals surface area (Å²) in [6.45, 7) is 3.90. The van der Waals surface area contributed by atoms with E-state index >= 15 is 0 Å². The molecule has 4 aromatic rings. The fraction of sp³-hybridized carbons (Fsp3) is 0.333. The fourth-order valence-corrected chi connectivity index (χ4v) is 289. The number of nitrogens with one attached hydrogen (secondary N) is 1. The highest BCUT2D eigenvalue weighted by atomic mass is 33.4. The van der Waals surface area contributed by atoms with Gasteiger partial charge in [0.05, 0.1) is 22.0 Å². The van der Waals surface area contributed by atoms with Crippen molar-refractivity contribution in [1.82, 2.24) is 25.5 Å². The van der Waals surface area contributed by atoms with Crippen LogP contribution in [0.4, 0.5) is 10.2 Å². The second kappa shape index (κ2) is 30.5. The van der Waals surface area contributed by atoms with Gasteiger partial charge in [-0.05, 0) is 119 Å². The van der Waals surface area contributed by atoms with Crippen molar-refractivity contribution >= 4 is 201 Å². The predicted molar refractivity (Wildman–Crippen MR) is 338 cm³/mol. The number of hydrogen-bond donors (Lipinski definition) is 2. The molecule has 62 heavy (non-hydrogen) atoms. The summed E-state index contributed by atoms with van der Waals surface area (Å²) < 4.78 is 50.1. The number of benzene rings is 2. The molecule has 344 valence electrons. The van der Waals surface area contributed by atoms with Gasteiger partial charge in [0.2, 0.25) is 5.89 Å². The summed E-state index contributed by atoms with van der Waals surface area (Å²) in [6, 6.07) is 14.0. The first kappa shape index (κ1) is 60.7. The normalized spacial score (nSPS) is 15.8. The largest absolute Gasteiger partial charge is 0.414 e. The molecule has 5 rings (SSSR count). The molecule has 16 unspecified atom stereocenters. The van der Waals surface area contributed by atoms with E-state index in [1.54, 1.807) is 24.3 Å². The standard InChI is InChI=1S/C27H29FN6O4S.H25P23/c1-17(28)14-30-15-18-2-4-20(5-3-18)26-33-34-27(38-26)24-25(29)31-16-23(32-24)19-6-8-21(9-7-19)39(35,36)22-10-12-37-13-11-22;1-13-19(12)22(18(10)11)23(20(14(2)3)15(4)5)21(16(6)7)17(8)9/h2-9,16-17,22,30H,10-15H2,1H3,(H2,29,31);13H,1-12H2. The molecule has 0 aliphatic carbocycles. The Hall–Kier alpha value is 6.15. The first-order chi connectivity index (χ1) is 29.3. The van der Waals surface area contributed by atoms with Gasteiger partial charge in [0.25, 0.3) is 5.89 Å². The number of ether oxygens (including phenoxy) is 1. The maximum Gasteiger partial charge on any atom is 0.270 e. The van der Waals surface area contributed by atoms with E-state index in [0.717, 1.165) is 13.5 Å². The molecule has 0 spiro atoms. The minimum absolute atomic E-state index is 0.00774. The summed E-state index contributed by atoms with van der Waals surface area (Å²) in [4.78, 5) is 9.07. The van der Waals surface area contributed by atoms with Gasteiger partial charge in [0.15, 0.2) is 21.3 Å². The molecule has 1 aliphatic rings. The highest BCUT2D eigenvalue weighted by Crippen LogP contribution is 3.33. The van der Waals surface area contributed by atoms with Gasteiger partial charge in [0, 0.05) is 37.4 Å². The molecular weight excluding hydrogens is 1240 g/mol. The fourth-order valence-electron chi connectivity index (χ4n) is 5.47. The molecule has 3 heterocycles. The Morgan fingerprint density at radius 3 is 1.81 bits per heavy atom. The van der Waals surface area contributed by atoms with E-state index in [-0.39, 0.29) is 105 Å². The molecule has 3 N–H and O–H groups in total. The molecule has 16 atom stereocenters. The van der Waals surface area contributed by atoms with Gasteiger partial charge in [-0.3, -0.25) is 0 Å². The number of hydrogen-bond acceptors (Lipinski definition) is 10. The van der Waals surface area contributed by atoms with Crippen molar-refractivity contribution in [2.45, 2.75) is 42.6 Å². The van der Waals surface area contributed by atoms with Crippen LogP contribution in [0, 0.1) is 0 Å². The summed E-state index contributed by atoms with van der Waals surface area (Å²) in [7, 11) is 36.0. The summed E-state index contributed by atoms with van der Waals surface area (Å²) in [5.41, 5.74) is 9.15. The zero-order chi connectivity index (χ0) is 45.9. The molecule has 35 heteroatoms. The van der Waals surface area contributed by atoms with E-state index in [9.17, 15) is 12.8 Å². The van der Waals surface area contributed by atoms with Crippen LogP contribution in [0.25, 0.3) is 34.3 Å². The quantitative estimate of drug-likeness (QED) is 0.0870. The first-order valence-electron chi connectivity index (χ1n) is 17.8. The second-order valence-electron chi connectivity index (χ2n) is 12.8. The number of anilines is 1. The van der Waals surface area contributed by atoms with Gasteiger partial charge in [-0.25, -0.2) is 22.8 Å². The van der Waals surface area contributed by atoms with Crippen LogP contribution in [0.15, 0.2) is 64.0 Å². The number of rotatable bonds is 19. The number of sulfone groups is 1. The van der Waals surface area contributed by atoms with E-state index in [1.165, 1.54) is 13.1 Å². The summed E-state index contributed by atoms with van der Waals surface area (Å²) >= 11 is 0. The van der Waals surface area contributed by atoms with Crippen molar-refractivity contribution < 1.29 is 22.0 Å². The van der Waals surface area contributed by atoms with Gasteiger partial charge in [0.1, 0.15) is 6.17 Å². The average molecular weight is 1290 g/mol. The second-order valence-corrected chi connectivity index (χ2v) is 105. The smallest absolute Gasteiger partial charge is 0.270 e. The van der Waals surface area contributed by atoms with Crippen LogP contribution < -0.4 is 11.1 Å². The Balaban J connectivity index is 0.000000316. The molecule has 1 aliphatic heterocycles. The van der Waals surface area contributed by atoms with Crippen LogP contribution >= 0.6 is 185 Å². The van der Waals surface area contributed by atoms with Crippen molar-refractivity contribution in [3.63, 3.8) is 0 Å². The van der Waals surface area contributed by atoms with E-state index in [0.29, 0.717) is 49.4 Å². The topological polar surface area (TPSA) is 146 Å². The van der Waals surface area contributed by atoms with E-state index in [4.69, 9.17) is 14.9 Å². The highest BCUT2D eigenvalue weighted by Gasteiger charge is 2.45. The van der Waals surface area contributed by atoms with Crippen LogP contribution in [-0.4, -0.2) is 59.8 Å². The van der Waals surface area contributed by atoms with Crippen LogP contribution in [-0.2, 0) is 21.1 Å². The molecule has 2 aromatic heterocycles. The lowest BCUT2D eigenvalue weighted by molar-refractivity contribution is 0.0983. The minimum atomic E-state index is -3.44. The lowest BCUT2D eigenvalue weighted by atomic mass is 10.1. The number of halogens is 1. The molecular formula is C27H54FN6O4P23S. The summed E-state index contributed by atoms with van der Waals surface area (Å²) in [6.07, 6.45) is 1.58. The number of nitrogens with zero attached hydrogens (tertiary/aromatic N) is 4. The highest BCUT2D eigenvalue weighted by molar-refractivity contribution is 9.39. The van der Waals surface area contributed by atoms with E-state index in [2.05, 4.69) is 133 Å². The Morgan fingerprint density at radius 1 is 0.790 bits per heavy atom. The van der Waals surface area contributed by atoms with Crippen LogP contribution in [0.2, 0.25) is 0 Å². The number of aromatic nitrogens is 4. The van der Waals surface area contributed by atoms with Crippen molar-refractivity contribution in [3.8, 4) is 34.3 Å². The van der Waals surface area contributed by atoms with Crippen molar-refractivity contribution in [3.05, 3.63) is 60.3 Å². The van der Waals surface area contributed by atoms with Gasteiger partial charge in [-0.15, -0.1) is 117 Å². The van der Waals surface area contributed by atoms with Crippen molar-refractivity contribution in [2.24, 2.45) is 0 Å². The maximum absolute atomic E-state index is 13.0. The molecule has 1 fully saturated rings. The Bertz CT molecular complexity index is 2060. The molecule has 1 saturated heterocycles. The minimum Gasteiger partial charge on any atom is -0.414 e. The third-order valence-corrected chi connectivity index (χ3v) is 158. The molecule has 0 saturated carbocycles. The SMILES string of the molecule is CC(F)CNCc1ccc(-c2nnc(-c3nc(-c4ccc(S(=O)(=O)C5CCOCC5)cc4)cnc3N)o2)cc1.PPP(P)P(P(P)P)P(P(P(P)P)P(P)P)P(P(P)P)P(P)P. The Labute approximate surface area is 407 Å². The molecule has 0 amide bonds. The molecule has 2 aromatic carbocycles. The first-order valence-corrected chi connectivity index (χ1v) is 60.6. The van der Waals surface area contributed by atoms with Crippen LogP contribution in [0.3, 0.4) is 0 Å². The number of nitrogen functional groups attached to an aromatic ring is 1. The van der Waals surface area contributed by atoms with E-state index < -0.39 is 21.3 Å². The lowest BCUT2D eigenvalue weighted by Gasteiger charge is -2.47. The predicted octanol–water partition coefficient (Wildman–Crippen LogP) is 17.0.